The van der Waals surface area contributed by atoms with Gasteiger partial charge in [-0.2, -0.15) is 0 Å². The molecule has 0 spiro atoms. The quantitative estimate of drug-likeness (QED) is 0.0261. The normalized spacial score (nSPS) is 12.7. The highest BCUT2D eigenvalue weighted by atomic mass is 16.6. The summed E-state index contributed by atoms with van der Waals surface area (Å²) in [4.78, 5) is 37.9. The highest BCUT2D eigenvalue weighted by Crippen LogP contribution is 2.16. The molecule has 0 amide bonds. The highest BCUT2D eigenvalue weighted by molar-refractivity contribution is 5.71. The van der Waals surface area contributed by atoms with E-state index in [9.17, 15) is 14.4 Å². The van der Waals surface area contributed by atoms with E-state index in [0.717, 1.165) is 109 Å². The maximum Gasteiger partial charge on any atom is 0.306 e. The van der Waals surface area contributed by atoms with Crippen molar-refractivity contribution in [1.82, 2.24) is 0 Å². The number of carbonyl (C=O) groups is 3. The van der Waals surface area contributed by atoms with Crippen molar-refractivity contribution in [1.29, 1.82) is 0 Å². The molecule has 0 radical (unpaired) electrons. The van der Waals surface area contributed by atoms with Crippen molar-refractivity contribution in [2.45, 2.75) is 303 Å². The van der Waals surface area contributed by atoms with E-state index in [2.05, 4.69) is 106 Å². The van der Waals surface area contributed by atoms with Crippen molar-refractivity contribution < 1.29 is 28.6 Å². The Bertz CT molecular complexity index is 1380. The number of ether oxygens (including phenoxy) is 3. The van der Waals surface area contributed by atoms with E-state index in [0.29, 0.717) is 19.3 Å². The van der Waals surface area contributed by atoms with E-state index >= 15 is 0 Å². The summed E-state index contributed by atoms with van der Waals surface area (Å²) in [5.41, 5.74) is 0. The fourth-order valence-electron chi connectivity index (χ4n) is 8.60. The van der Waals surface area contributed by atoms with Crippen LogP contribution in [0.15, 0.2) is 85.1 Å². The lowest BCUT2D eigenvalue weighted by atomic mass is 10.0. The lowest BCUT2D eigenvalue weighted by molar-refractivity contribution is -0.167. The molecule has 1 atom stereocenters. The Kier molecular flexibility index (Phi) is 57.3. The summed E-state index contributed by atoms with van der Waals surface area (Å²) >= 11 is 0. The standard InChI is InChI=1S/C66H114O6/c1-4-7-10-13-16-18-20-22-24-26-28-29-30-31-32-33-34-35-36-37-39-40-42-44-46-48-50-53-56-59-65(68)71-62-63(61-70-64(67)58-55-52-15-12-9-6-3)72-66(69)60-57-54-51-49-47-45-43-41-38-27-25-23-21-19-17-14-11-8-5-2/h7,10,16,18,22,24,28-29,31-32,34-35,37,39,63H,4-6,8-9,11-15,17,19-21,23,25-27,30,33,36,38,40-62H2,1-3H3/b10-7-,18-16-,24-22-,29-28-,32-31-,35-34-,39-37-. The van der Waals surface area contributed by atoms with E-state index in [4.69, 9.17) is 14.2 Å². The van der Waals surface area contributed by atoms with Gasteiger partial charge in [-0.3, -0.25) is 14.4 Å². The van der Waals surface area contributed by atoms with E-state index in [1.54, 1.807) is 0 Å². The Morgan fingerprint density at radius 1 is 0.292 bits per heavy atom. The summed E-state index contributed by atoms with van der Waals surface area (Å²) in [5.74, 6) is -0.888. The van der Waals surface area contributed by atoms with Crippen LogP contribution in [0.4, 0.5) is 0 Å². The van der Waals surface area contributed by atoms with Crippen LogP contribution in [0.5, 0.6) is 0 Å². The van der Waals surface area contributed by atoms with Gasteiger partial charge in [0.15, 0.2) is 6.10 Å². The van der Waals surface area contributed by atoms with Crippen LogP contribution >= 0.6 is 0 Å². The first-order valence-corrected chi connectivity index (χ1v) is 30.6. The van der Waals surface area contributed by atoms with Crippen LogP contribution < -0.4 is 0 Å². The summed E-state index contributed by atoms with van der Waals surface area (Å²) < 4.78 is 16.8. The van der Waals surface area contributed by atoms with Gasteiger partial charge in [-0.15, -0.1) is 0 Å². The van der Waals surface area contributed by atoms with Crippen LogP contribution in [0.25, 0.3) is 0 Å². The molecule has 0 aliphatic heterocycles. The first-order chi connectivity index (χ1) is 35.5. The van der Waals surface area contributed by atoms with Crippen LogP contribution in [0.2, 0.25) is 0 Å². The van der Waals surface area contributed by atoms with Gasteiger partial charge in [0.05, 0.1) is 0 Å². The van der Waals surface area contributed by atoms with Crippen molar-refractivity contribution in [2.75, 3.05) is 13.2 Å². The monoisotopic (exact) mass is 1000 g/mol. The second kappa shape index (κ2) is 60.1. The minimum absolute atomic E-state index is 0.0772. The smallest absolute Gasteiger partial charge is 0.306 e. The summed E-state index contributed by atoms with van der Waals surface area (Å²) in [6.45, 7) is 6.48. The molecule has 0 bridgehead atoms. The second-order valence-electron chi connectivity index (χ2n) is 20.2. The molecule has 0 N–H and O–H groups in total. The molecule has 0 fully saturated rings. The molecule has 0 aromatic carbocycles. The third-order valence-electron chi connectivity index (χ3n) is 13.2. The van der Waals surface area contributed by atoms with Gasteiger partial charge in [-0.05, 0) is 77.0 Å². The second-order valence-corrected chi connectivity index (χ2v) is 20.2. The first kappa shape index (κ1) is 68.6. The van der Waals surface area contributed by atoms with Crippen LogP contribution in [-0.2, 0) is 28.6 Å². The van der Waals surface area contributed by atoms with Gasteiger partial charge in [-0.1, -0.05) is 286 Å². The van der Waals surface area contributed by atoms with E-state index in [1.807, 2.05) is 0 Å². The zero-order chi connectivity index (χ0) is 52.2. The molecule has 0 aliphatic carbocycles. The topological polar surface area (TPSA) is 78.9 Å². The SMILES string of the molecule is CC/C=C\C/C=C\C/C=C\C/C=C\C/C=C\C/C=C\C/C=C\CCCCCCCCCC(=O)OCC(COC(=O)CCCCCCCC)OC(=O)CCCCCCCCCCCCCCCCCCCCC. The predicted octanol–water partition coefficient (Wildman–Crippen LogP) is 20.7. The van der Waals surface area contributed by atoms with Gasteiger partial charge in [0.25, 0.3) is 0 Å². The number of unbranched alkanes of at least 4 members (excludes halogenated alkanes) is 30. The maximum atomic E-state index is 12.8. The Morgan fingerprint density at radius 2 is 0.542 bits per heavy atom. The van der Waals surface area contributed by atoms with Gasteiger partial charge in [-0.25, -0.2) is 0 Å². The van der Waals surface area contributed by atoms with E-state index in [1.165, 1.54) is 148 Å². The lowest BCUT2D eigenvalue weighted by Crippen LogP contribution is -2.30. The largest absolute Gasteiger partial charge is 0.462 e. The van der Waals surface area contributed by atoms with Crippen LogP contribution in [0.3, 0.4) is 0 Å². The molecule has 0 aromatic heterocycles. The number of esters is 3. The molecule has 1 unspecified atom stereocenters. The summed E-state index contributed by atoms with van der Waals surface area (Å²) in [6, 6.07) is 0. The molecule has 414 valence electrons. The van der Waals surface area contributed by atoms with Gasteiger partial charge >= 0.3 is 17.9 Å². The number of hydrogen-bond donors (Lipinski definition) is 0. The van der Waals surface area contributed by atoms with Crippen LogP contribution in [-0.4, -0.2) is 37.2 Å². The molecule has 0 saturated heterocycles. The lowest BCUT2D eigenvalue weighted by Gasteiger charge is -2.18. The summed E-state index contributed by atoms with van der Waals surface area (Å²) in [7, 11) is 0. The molecule has 0 heterocycles. The van der Waals surface area contributed by atoms with E-state index in [-0.39, 0.29) is 31.1 Å². The van der Waals surface area contributed by atoms with Crippen molar-refractivity contribution in [2.24, 2.45) is 0 Å². The molecule has 0 rings (SSSR count). The molecular formula is C66H114O6. The predicted molar refractivity (Wildman–Crippen MR) is 311 cm³/mol. The Morgan fingerprint density at radius 3 is 0.847 bits per heavy atom. The number of hydrogen-bond acceptors (Lipinski definition) is 6. The Balaban J connectivity index is 4.13. The van der Waals surface area contributed by atoms with Gasteiger partial charge < -0.3 is 14.2 Å². The number of carbonyl (C=O) groups excluding carboxylic acids is 3. The van der Waals surface area contributed by atoms with Crippen LogP contribution in [0, 0.1) is 0 Å². The molecule has 0 saturated carbocycles. The third kappa shape index (κ3) is 57.5. The Hall–Kier alpha value is -3.41. The highest BCUT2D eigenvalue weighted by Gasteiger charge is 2.19. The number of allylic oxidation sites excluding steroid dienone is 14. The third-order valence-corrected chi connectivity index (χ3v) is 13.2. The van der Waals surface area contributed by atoms with Crippen molar-refractivity contribution in [3.05, 3.63) is 85.1 Å². The fraction of sp³-hybridized carbons (Fsp3) is 0.742. The molecular weight excluding hydrogens is 889 g/mol. The van der Waals surface area contributed by atoms with Crippen molar-refractivity contribution >= 4 is 17.9 Å². The first-order valence-electron chi connectivity index (χ1n) is 30.6. The molecule has 6 heteroatoms. The van der Waals surface area contributed by atoms with Crippen LogP contribution in [0.1, 0.15) is 297 Å². The molecule has 72 heavy (non-hydrogen) atoms. The van der Waals surface area contributed by atoms with Crippen molar-refractivity contribution in [3.63, 3.8) is 0 Å². The number of rotatable bonds is 55. The van der Waals surface area contributed by atoms with Gasteiger partial charge in [0, 0.05) is 19.3 Å². The minimum Gasteiger partial charge on any atom is -0.462 e. The maximum absolute atomic E-state index is 12.8. The average Bonchev–Trinajstić information content (AvgIpc) is 3.38. The molecule has 0 aromatic rings. The van der Waals surface area contributed by atoms with Gasteiger partial charge in [0.2, 0.25) is 0 Å². The zero-order valence-electron chi connectivity index (χ0n) is 47.4. The summed E-state index contributed by atoms with van der Waals surface area (Å²) in [5, 5.41) is 0. The summed E-state index contributed by atoms with van der Waals surface area (Å²) in [6.07, 6.45) is 79.0. The average molecular weight is 1000 g/mol. The molecule has 6 nitrogen and oxygen atoms in total. The fourth-order valence-corrected chi connectivity index (χ4v) is 8.60. The van der Waals surface area contributed by atoms with Gasteiger partial charge in [0.1, 0.15) is 13.2 Å². The van der Waals surface area contributed by atoms with E-state index < -0.39 is 6.10 Å². The zero-order valence-corrected chi connectivity index (χ0v) is 47.4. The Labute approximate surface area is 445 Å². The minimum atomic E-state index is -0.776. The van der Waals surface area contributed by atoms with Crippen molar-refractivity contribution in [3.8, 4) is 0 Å². The molecule has 0 aliphatic rings.